The molecule has 0 bridgehead atoms. The Balaban J connectivity index is 1.68. The molecule has 1 aromatic carbocycles. The van der Waals surface area contributed by atoms with Crippen LogP contribution in [0.5, 0.6) is 5.75 Å². The van der Waals surface area contributed by atoms with Crippen LogP contribution in [-0.4, -0.2) is 26.4 Å². The second-order valence-electron chi connectivity index (χ2n) is 4.91. The minimum absolute atomic E-state index is 0.502. The maximum atomic E-state index is 5.82. The van der Waals surface area contributed by atoms with E-state index in [0.717, 1.165) is 35.5 Å². The van der Waals surface area contributed by atoms with Crippen molar-refractivity contribution in [1.82, 2.24) is 5.32 Å². The Morgan fingerprint density at radius 1 is 1.32 bits per heavy atom. The Hall–Kier alpha value is -0.580. The monoisotopic (exact) mass is 327 g/mol. The third-order valence-electron chi connectivity index (χ3n) is 3.49. The van der Waals surface area contributed by atoms with Crippen LogP contribution in [-0.2, 0) is 11.3 Å². The van der Waals surface area contributed by atoms with Crippen molar-refractivity contribution in [3.05, 3.63) is 28.2 Å². The number of methoxy groups -OCH3 is 1. The molecule has 1 fully saturated rings. The summed E-state index contributed by atoms with van der Waals surface area (Å²) in [5.41, 5.74) is 1.16. The van der Waals surface area contributed by atoms with Gasteiger partial charge >= 0.3 is 0 Å². The average Bonchev–Trinajstić information content (AvgIpc) is 2.92. The van der Waals surface area contributed by atoms with E-state index in [1.54, 1.807) is 7.11 Å². The minimum Gasteiger partial charge on any atom is -0.496 e. The molecule has 0 saturated heterocycles. The third kappa shape index (κ3) is 4.79. The van der Waals surface area contributed by atoms with Gasteiger partial charge in [0.1, 0.15) is 5.75 Å². The summed E-state index contributed by atoms with van der Waals surface area (Å²) < 4.78 is 12.2. The van der Waals surface area contributed by atoms with Crippen molar-refractivity contribution in [3.63, 3.8) is 0 Å². The van der Waals surface area contributed by atoms with Crippen molar-refractivity contribution in [2.24, 2.45) is 0 Å². The highest BCUT2D eigenvalue weighted by molar-refractivity contribution is 9.10. The summed E-state index contributed by atoms with van der Waals surface area (Å²) in [7, 11) is 1.70. The molecule has 19 heavy (non-hydrogen) atoms. The highest BCUT2D eigenvalue weighted by Gasteiger charge is 2.14. The van der Waals surface area contributed by atoms with Gasteiger partial charge in [0.15, 0.2) is 0 Å². The quantitative estimate of drug-likeness (QED) is 0.777. The van der Waals surface area contributed by atoms with E-state index in [9.17, 15) is 0 Å². The normalized spacial score (nSPS) is 15.9. The van der Waals surface area contributed by atoms with Crippen LogP contribution in [0.25, 0.3) is 0 Å². The standard InChI is InChI=1S/C15H22BrNO2/c1-18-15-7-6-13(16)10-12(15)11-17-8-9-19-14-4-2-3-5-14/h6-7,10,14,17H,2-5,8-9,11H2,1H3. The molecule has 0 aromatic heterocycles. The van der Waals surface area contributed by atoms with Crippen LogP contribution < -0.4 is 10.1 Å². The molecule has 1 aromatic rings. The largest absolute Gasteiger partial charge is 0.496 e. The van der Waals surface area contributed by atoms with E-state index in [-0.39, 0.29) is 0 Å². The summed E-state index contributed by atoms with van der Waals surface area (Å²) in [6, 6.07) is 6.06. The van der Waals surface area contributed by atoms with Crippen molar-refractivity contribution in [1.29, 1.82) is 0 Å². The molecule has 0 atom stereocenters. The molecular weight excluding hydrogens is 306 g/mol. The molecule has 0 radical (unpaired) electrons. The summed E-state index contributed by atoms with van der Waals surface area (Å²) >= 11 is 3.48. The molecule has 0 heterocycles. The van der Waals surface area contributed by atoms with Crippen molar-refractivity contribution in [2.45, 2.75) is 38.3 Å². The first kappa shape index (κ1) is 14.8. The topological polar surface area (TPSA) is 30.5 Å². The highest BCUT2D eigenvalue weighted by atomic mass is 79.9. The van der Waals surface area contributed by atoms with Gasteiger partial charge in [0, 0.05) is 23.1 Å². The fourth-order valence-corrected chi connectivity index (χ4v) is 2.87. The van der Waals surface area contributed by atoms with Gasteiger partial charge in [-0.05, 0) is 31.0 Å². The van der Waals surface area contributed by atoms with Gasteiger partial charge in [0.25, 0.3) is 0 Å². The summed E-state index contributed by atoms with van der Waals surface area (Å²) in [5.74, 6) is 0.924. The van der Waals surface area contributed by atoms with Crippen molar-refractivity contribution in [3.8, 4) is 5.75 Å². The number of ether oxygens (including phenoxy) is 2. The molecule has 106 valence electrons. The zero-order valence-electron chi connectivity index (χ0n) is 11.5. The zero-order valence-corrected chi connectivity index (χ0v) is 13.0. The van der Waals surface area contributed by atoms with Crippen LogP contribution in [0.4, 0.5) is 0 Å². The van der Waals surface area contributed by atoms with Gasteiger partial charge in [-0.3, -0.25) is 0 Å². The highest BCUT2D eigenvalue weighted by Crippen LogP contribution is 2.23. The van der Waals surface area contributed by atoms with Gasteiger partial charge in [0.05, 0.1) is 19.8 Å². The first-order valence-electron chi connectivity index (χ1n) is 6.94. The first-order chi connectivity index (χ1) is 9.29. The Kier molecular flexibility index (Phi) is 6.14. The maximum Gasteiger partial charge on any atom is 0.123 e. The fraction of sp³-hybridized carbons (Fsp3) is 0.600. The lowest BCUT2D eigenvalue weighted by molar-refractivity contribution is 0.0602. The van der Waals surface area contributed by atoms with Crippen LogP contribution in [0, 0.1) is 0 Å². The lowest BCUT2D eigenvalue weighted by Gasteiger charge is -2.13. The van der Waals surface area contributed by atoms with Crippen LogP contribution in [0.2, 0.25) is 0 Å². The summed E-state index contributed by atoms with van der Waals surface area (Å²) in [6.07, 6.45) is 5.63. The predicted molar refractivity (Wildman–Crippen MR) is 80.6 cm³/mol. The SMILES string of the molecule is COc1ccc(Br)cc1CNCCOC1CCCC1. The number of halogens is 1. The Morgan fingerprint density at radius 3 is 2.84 bits per heavy atom. The van der Waals surface area contributed by atoms with Gasteiger partial charge in [-0.25, -0.2) is 0 Å². The molecule has 0 spiro atoms. The smallest absolute Gasteiger partial charge is 0.123 e. The second-order valence-corrected chi connectivity index (χ2v) is 5.83. The average molecular weight is 328 g/mol. The van der Waals surface area contributed by atoms with Crippen LogP contribution in [0.3, 0.4) is 0 Å². The molecule has 2 rings (SSSR count). The molecule has 4 heteroatoms. The van der Waals surface area contributed by atoms with E-state index in [2.05, 4.69) is 27.3 Å². The van der Waals surface area contributed by atoms with Crippen molar-refractivity contribution in [2.75, 3.05) is 20.3 Å². The molecule has 1 saturated carbocycles. The van der Waals surface area contributed by atoms with E-state index in [1.165, 1.54) is 25.7 Å². The minimum atomic E-state index is 0.502. The Labute approximate surface area is 123 Å². The maximum absolute atomic E-state index is 5.82. The molecule has 0 aliphatic heterocycles. The number of rotatable bonds is 7. The Bertz CT molecular complexity index is 392. The molecule has 0 amide bonds. The van der Waals surface area contributed by atoms with E-state index in [0.29, 0.717) is 6.10 Å². The lowest BCUT2D eigenvalue weighted by Crippen LogP contribution is -2.22. The fourth-order valence-electron chi connectivity index (χ4n) is 2.46. The van der Waals surface area contributed by atoms with Gasteiger partial charge in [-0.2, -0.15) is 0 Å². The molecule has 0 unspecified atom stereocenters. The van der Waals surface area contributed by atoms with E-state index < -0.39 is 0 Å². The van der Waals surface area contributed by atoms with Crippen molar-refractivity contribution >= 4 is 15.9 Å². The van der Waals surface area contributed by atoms with Crippen LogP contribution >= 0.6 is 15.9 Å². The van der Waals surface area contributed by atoms with Crippen LogP contribution in [0.1, 0.15) is 31.2 Å². The number of hydrogen-bond acceptors (Lipinski definition) is 3. The summed E-state index contributed by atoms with van der Waals surface area (Å²) in [6.45, 7) is 2.48. The van der Waals surface area contributed by atoms with E-state index in [4.69, 9.17) is 9.47 Å². The number of nitrogens with one attached hydrogen (secondary N) is 1. The van der Waals surface area contributed by atoms with E-state index >= 15 is 0 Å². The van der Waals surface area contributed by atoms with Crippen molar-refractivity contribution < 1.29 is 9.47 Å². The Morgan fingerprint density at radius 2 is 2.11 bits per heavy atom. The van der Waals surface area contributed by atoms with Gasteiger partial charge in [0.2, 0.25) is 0 Å². The number of hydrogen-bond donors (Lipinski definition) is 1. The van der Waals surface area contributed by atoms with Gasteiger partial charge in [-0.15, -0.1) is 0 Å². The lowest BCUT2D eigenvalue weighted by atomic mass is 10.2. The molecular formula is C15H22BrNO2. The summed E-state index contributed by atoms with van der Waals surface area (Å²) in [5, 5.41) is 3.40. The second kappa shape index (κ2) is 7.88. The summed E-state index contributed by atoms with van der Waals surface area (Å²) in [4.78, 5) is 0. The molecule has 3 nitrogen and oxygen atoms in total. The number of benzene rings is 1. The van der Waals surface area contributed by atoms with Gasteiger partial charge < -0.3 is 14.8 Å². The molecule has 1 aliphatic carbocycles. The third-order valence-corrected chi connectivity index (χ3v) is 3.99. The predicted octanol–water partition coefficient (Wildman–Crippen LogP) is 3.51. The van der Waals surface area contributed by atoms with Crippen LogP contribution in [0.15, 0.2) is 22.7 Å². The van der Waals surface area contributed by atoms with Gasteiger partial charge in [-0.1, -0.05) is 28.8 Å². The first-order valence-corrected chi connectivity index (χ1v) is 7.73. The molecule has 1 aliphatic rings. The molecule has 1 N–H and O–H groups in total. The van der Waals surface area contributed by atoms with E-state index in [1.807, 2.05) is 12.1 Å². The zero-order chi connectivity index (χ0) is 13.5.